The van der Waals surface area contributed by atoms with E-state index in [-0.39, 0.29) is 12.5 Å². The number of hydrogen-bond acceptors (Lipinski definition) is 4. The van der Waals surface area contributed by atoms with Crippen LogP contribution >= 0.6 is 23.2 Å². The second-order valence-corrected chi connectivity index (χ2v) is 6.39. The number of rotatable bonds is 4. The van der Waals surface area contributed by atoms with Gasteiger partial charge in [-0.25, -0.2) is 4.79 Å². The number of aromatic nitrogens is 1. The van der Waals surface area contributed by atoms with Crippen LogP contribution in [0.5, 0.6) is 0 Å². The SMILES string of the molecule is CC(=O)NCC1CN(c2cc(Cl)c(-c3ccncc3)c(Cl)c2)C(=O)O1. The van der Waals surface area contributed by atoms with Crippen LogP contribution in [0.4, 0.5) is 10.5 Å². The largest absolute Gasteiger partial charge is 0.442 e. The smallest absolute Gasteiger partial charge is 0.414 e. The monoisotopic (exact) mass is 379 g/mol. The number of hydrogen-bond donors (Lipinski definition) is 1. The molecule has 1 aromatic carbocycles. The van der Waals surface area contributed by atoms with E-state index in [1.807, 2.05) is 0 Å². The highest BCUT2D eigenvalue weighted by atomic mass is 35.5. The standard InChI is InChI=1S/C17H15Cl2N3O3/c1-10(23)21-8-13-9-22(17(24)25-13)12-6-14(18)16(15(19)7-12)11-2-4-20-5-3-11/h2-7,13H,8-9H2,1H3,(H,21,23). The summed E-state index contributed by atoms with van der Waals surface area (Å²) in [6, 6.07) is 6.96. The van der Waals surface area contributed by atoms with Gasteiger partial charge in [0.2, 0.25) is 5.91 Å². The van der Waals surface area contributed by atoms with E-state index in [4.69, 9.17) is 27.9 Å². The van der Waals surface area contributed by atoms with Crippen LogP contribution in [0.3, 0.4) is 0 Å². The summed E-state index contributed by atoms with van der Waals surface area (Å²) in [6.45, 7) is 1.97. The Morgan fingerprint density at radius 2 is 1.96 bits per heavy atom. The molecule has 0 aliphatic carbocycles. The van der Waals surface area contributed by atoms with Crippen molar-refractivity contribution in [1.82, 2.24) is 10.3 Å². The average molecular weight is 380 g/mol. The number of ether oxygens (including phenoxy) is 1. The molecule has 1 aliphatic rings. The number of anilines is 1. The second kappa shape index (κ2) is 7.29. The third-order valence-corrected chi connectivity index (χ3v) is 4.36. The van der Waals surface area contributed by atoms with Crippen molar-refractivity contribution < 1.29 is 14.3 Å². The highest BCUT2D eigenvalue weighted by Crippen LogP contribution is 2.38. The Kier molecular flexibility index (Phi) is 5.11. The van der Waals surface area contributed by atoms with Crippen LogP contribution in [0, 0.1) is 0 Å². The van der Waals surface area contributed by atoms with Gasteiger partial charge in [0.15, 0.2) is 0 Å². The van der Waals surface area contributed by atoms with E-state index in [9.17, 15) is 9.59 Å². The second-order valence-electron chi connectivity index (χ2n) is 5.57. The number of benzene rings is 1. The quantitative estimate of drug-likeness (QED) is 0.881. The van der Waals surface area contributed by atoms with E-state index in [0.717, 1.165) is 5.56 Å². The molecule has 8 heteroatoms. The molecule has 25 heavy (non-hydrogen) atoms. The molecule has 0 bridgehead atoms. The number of carbonyl (C=O) groups is 2. The number of nitrogens with zero attached hydrogens (tertiary/aromatic N) is 2. The molecule has 1 saturated heterocycles. The molecule has 1 atom stereocenters. The Morgan fingerprint density at radius 3 is 2.56 bits per heavy atom. The molecule has 2 heterocycles. The fourth-order valence-electron chi connectivity index (χ4n) is 2.61. The number of pyridine rings is 1. The summed E-state index contributed by atoms with van der Waals surface area (Å²) in [7, 11) is 0. The molecule has 130 valence electrons. The molecule has 0 spiro atoms. The third-order valence-electron chi connectivity index (χ3n) is 3.76. The van der Waals surface area contributed by atoms with Crippen molar-refractivity contribution in [3.05, 3.63) is 46.7 Å². The molecule has 3 rings (SSSR count). The minimum Gasteiger partial charge on any atom is -0.442 e. The predicted octanol–water partition coefficient (Wildman–Crippen LogP) is 3.52. The van der Waals surface area contributed by atoms with Gasteiger partial charge in [-0.3, -0.25) is 14.7 Å². The van der Waals surface area contributed by atoms with Gasteiger partial charge in [-0.05, 0) is 29.8 Å². The van der Waals surface area contributed by atoms with E-state index < -0.39 is 12.2 Å². The molecule has 6 nitrogen and oxygen atoms in total. The van der Waals surface area contributed by atoms with Crippen LogP contribution in [0.2, 0.25) is 10.0 Å². The lowest BCUT2D eigenvalue weighted by Crippen LogP contribution is -2.33. The van der Waals surface area contributed by atoms with Gasteiger partial charge in [0.25, 0.3) is 0 Å². The molecular weight excluding hydrogens is 365 g/mol. The summed E-state index contributed by atoms with van der Waals surface area (Å²) < 4.78 is 5.25. The normalized spacial score (nSPS) is 16.7. The van der Waals surface area contributed by atoms with Crippen LogP contribution < -0.4 is 10.2 Å². The number of cyclic esters (lactones) is 1. The van der Waals surface area contributed by atoms with Crippen molar-refractivity contribution in [2.24, 2.45) is 0 Å². The van der Waals surface area contributed by atoms with Gasteiger partial charge in [-0.15, -0.1) is 0 Å². The molecule has 2 aromatic rings. The Morgan fingerprint density at radius 1 is 1.32 bits per heavy atom. The fourth-order valence-corrected chi connectivity index (χ4v) is 3.30. The first-order chi connectivity index (χ1) is 12.0. The van der Waals surface area contributed by atoms with E-state index in [0.29, 0.717) is 27.8 Å². The third kappa shape index (κ3) is 3.86. The first-order valence-electron chi connectivity index (χ1n) is 7.57. The van der Waals surface area contributed by atoms with Gasteiger partial charge >= 0.3 is 6.09 Å². The maximum Gasteiger partial charge on any atom is 0.414 e. The lowest BCUT2D eigenvalue weighted by atomic mass is 10.1. The van der Waals surface area contributed by atoms with Gasteiger partial charge in [0.05, 0.1) is 28.8 Å². The van der Waals surface area contributed by atoms with Gasteiger partial charge in [0, 0.05) is 24.9 Å². The molecule has 0 radical (unpaired) electrons. The molecule has 2 amide bonds. The van der Waals surface area contributed by atoms with Crippen molar-refractivity contribution in [3.63, 3.8) is 0 Å². The van der Waals surface area contributed by atoms with Crippen LogP contribution in [-0.4, -0.2) is 36.2 Å². The van der Waals surface area contributed by atoms with E-state index in [1.165, 1.54) is 11.8 Å². The summed E-state index contributed by atoms with van der Waals surface area (Å²) in [4.78, 5) is 28.5. The van der Waals surface area contributed by atoms with Crippen LogP contribution in [0.25, 0.3) is 11.1 Å². The topological polar surface area (TPSA) is 71.5 Å². The van der Waals surface area contributed by atoms with Crippen molar-refractivity contribution >= 4 is 40.9 Å². The molecule has 1 fully saturated rings. The Hall–Kier alpha value is -2.31. The summed E-state index contributed by atoms with van der Waals surface area (Å²) in [5, 5.41) is 3.48. The van der Waals surface area contributed by atoms with E-state index in [2.05, 4.69) is 10.3 Å². The van der Waals surface area contributed by atoms with Gasteiger partial charge < -0.3 is 10.1 Å². The molecule has 1 unspecified atom stereocenters. The zero-order valence-electron chi connectivity index (χ0n) is 13.3. The van der Waals surface area contributed by atoms with Crippen LogP contribution in [0.1, 0.15) is 6.92 Å². The Balaban J connectivity index is 1.84. The van der Waals surface area contributed by atoms with Crippen molar-refractivity contribution in [1.29, 1.82) is 0 Å². The summed E-state index contributed by atoms with van der Waals surface area (Å²) >= 11 is 12.8. The molecule has 0 saturated carbocycles. The highest BCUT2D eigenvalue weighted by molar-refractivity contribution is 6.39. The van der Waals surface area contributed by atoms with E-state index in [1.54, 1.807) is 36.7 Å². The molecule has 1 N–H and O–H groups in total. The number of nitrogens with one attached hydrogen (secondary N) is 1. The summed E-state index contributed by atoms with van der Waals surface area (Å²) in [5.41, 5.74) is 2.06. The van der Waals surface area contributed by atoms with Crippen molar-refractivity contribution in [2.75, 3.05) is 18.0 Å². The van der Waals surface area contributed by atoms with Crippen molar-refractivity contribution in [2.45, 2.75) is 13.0 Å². The maximum absolute atomic E-state index is 12.1. The molecular formula is C17H15Cl2N3O3. The van der Waals surface area contributed by atoms with Gasteiger partial charge in [-0.1, -0.05) is 23.2 Å². The molecule has 1 aliphatic heterocycles. The summed E-state index contributed by atoms with van der Waals surface area (Å²) in [6.07, 6.45) is 2.38. The lowest BCUT2D eigenvalue weighted by molar-refractivity contribution is -0.119. The Bertz CT molecular complexity index is 791. The lowest BCUT2D eigenvalue weighted by Gasteiger charge is -2.16. The van der Waals surface area contributed by atoms with Crippen molar-refractivity contribution in [3.8, 4) is 11.1 Å². The average Bonchev–Trinajstić information content (AvgIpc) is 2.94. The highest BCUT2D eigenvalue weighted by Gasteiger charge is 2.33. The first-order valence-corrected chi connectivity index (χ1v) is 8.33. The molecule has 1 aromatic heterocycles. The number of halogens is 2. The van der Waals surface area contributed by atoms with Crippen LogP contribution in [0.15, 0.2) is 36.7 Å². The zero-order valence-corrected chi connectivity index (χ0v) is 14.8. The summed E-state index contributed by atoms with van der Waals surface area (Å²) in [5.74, 6) is -0.178. The number of amides is 2. The van der Waals surface area contributed by atoms with Gasteiger partial charge in [0.1, 0.15) is 6.10 Å². The first kappa shape index (κ1) is 17.5. The Labute approximate surface area is 154 Å². The van der Waals surface area contributed by atoms with E-state index >= 15 is 0 Å². The number of carbonyl (C=O) groups excluding carboxylic acids is 2. The fraction of sp³-hybridized carbons (Fsp3) is 0.235. The predicted molar refractivity (Wildman–Crippen MR) is 96.0 cm³/mol. The zero-order chi connectivity index (χ0) is 18.0. The van der Waals surface area contributed by atoms with Gasteiger partial charge in [-0.2, -0.15) is 0 Å². The minimum atomic E-state index is -0.501. The van der Waals surface area contributed by atoms with Crippen LogP contribution in [-0.2, 0) is 9.53 Å². The maximum atomic E-state index is 12.1. The minimum absolute atomic E-state index is 0.178.